The van der Waals surface area contributed by atoms with Crippen LogP contribution in [0, 0.1) is 5.92 Å². The van der Waals surface area contributed by atoms with E-state index in [1.54, 1.807) is 7.05 Å². The van der Waals surface area contributed by atoms with Gasteiger partial charge in [0.25, 0.3) is 0 Å². The molecule has 118 valence electrons. The van der Waals surface area contributed by atoms with Crippen LogP contribution >= 0.6 is 0 Å². The van der Waals surface area contributed by atoms with E-state index in [2.05, 4.69) is 5.32 Å². The van der Waals surface area contributed by atoms with E-state index in [1.165, 1.54) is 4.31 Å². The second-order valence-electron chi connectivity index (χ2n) is 5.87. The van der Waals surface area contributed by atoms with Gasteiger partial charge in [0.2, 0.25) is 10.0 Å². The predicted molar refractivity (Wildman–Crippen MR) is 78.8 cm³/mol. The van der Waals surface area contributed by atoms with Crippen molar-refractivity contribution in [1.82, 2.24) is 9.62 Å². The zero-order valence-corrected chi connectivity index (χ0v) is 13.5. The smallest absolute Gasteiger partial charge is 0.216 e. The molecule has 0 aromatic heterocycles. The van der Waals surface area contributed by atoms with Crippen LogP contribution in [0.3, 0.4) is 0 Å². The molecule has 0 spiro atoms. The standard InChI is InChI=1S/C12H24N2O4S2/c1-14(10-11-2-6-13-7-3-11)20(17,18)12-4-8-19(15,16)9-5-12/h11-13H,2-10H2,1H3. The van der Waals surface area contributed by atoms with E-state index in [1.807, 2.05) is 0 Å². The molecule has 0 radical (unpaired) electrons. The molecule has 2 aliphatic rings. The van der Waals surface area contributed by atoms with Crippen molar-refractivity contribution in [3.8, 4) is 0 Å². The first-order chi connectivity index (χ1) is 9.31. The molecule has 1 N–H and O–H groups in total. The van der Waals surface area contributed by atoms with Crippen molar-refractivity contribution in [2.24, 2.45) is 5.92 Å². The summed E-state index contributed by atoms with van der Waals surface area (Å²) in [5.74, 6) is 0.402. The number of sulfonamides is 1. The van der Waals surface area contributed by atoms with E-state index in [4.69, 9.17) is 0 Å². The van der Waals surface area contributed by atoms with Gasteiger partial charge in [-0.25, -0.2) is 21.1 Å². The summed E-state index contributed by atoms with van der Waals surface area (Å²) in [5, 5.41) is 2.73. The Morgan fingerprint density at radius 3 is 2.20 bits per heavy atom. The van der Waals surface area contributed by atoms with Gasteiger partial charge in [-0.05, 0) is 44.7 Å². The Bertz CT molecular complexity index is 510. The third-order valence-electron chi connectivity index (χ3n) is 4.33. The van der Waals surface area contributed by atoms with E-state index < -0.39 is 25.1 Å². The number of nitrogens with one attached hydrogen (secondary N) is 1. The van der Waals surface area contributed by atoms with Gasteiger partial charge in [0.05, 0.1) is 16.8 Å². The fourth-order valence-corrected chi connectivity index (χ4v) is 6.50. The molecule has 2 heterocycles. The van der Waals surface area contributed by atoms with Gasteiger partial charge in [0.1, 0.15) is 9.84 Å². The molecule has 2 aliphatic heterocycles. The van der Waals surface area contributed by atoms with Crippen LogP contribution in [-0.4, -0.2) is 64.6 Å². The van der Waals surface area contributed by atoms with Gasteiger partial charge < -0.3 is 5.32 Å². The van der Waals surface area contributed by atoms with Gasteiger partial charge in [0, 0.05) is 13.6 Å². The van der Waals surface area contributed by atoms with Crippen LogP contribution in [0.4, 0.5) is 0 Å². The predicted octanol–water partition coefficient (Wildman–Crippen LogP) is -0.175. The summed E-state index contributed by atoms with van der Waals surface area (Å²) in [5.41, 5.74) is 0. The molecular weight excluding hydrogens is 300 g/mol. The monoisotopic (exact) mass is 324 g/mol. The second kappa shape index (κ2) is 6.29. The van der Waals surface area contributed by atoms with Crippen LogP contribution in [0.1, 0.15) is 25.7 Å². The van der Waals surface area contributed by atoms with Crippen LogP contribution < -0.4 is 5.32 Å². The minimum Gasteiger partial charge on any atom is -0.317 e. The fourth-order valence-electron chi connectivity index (χ4n) is 2.95. The molecule has 0 unspecified atom stereocenters. The van der Waals surface area contributed by atoms with Gasteiger partial charge in [-0.1, -0.05) is 0 Å². The molecular formula is C12H24N2O4S2. The summed E-state index contributed by atoms with van der Waals surface area (Å²) in [4.78, 5) is 0. The van der Waals surface area contributed by atoms with Crippen LogP contribution in [0.25, 0.3) is 0 Å². The molecule has 0 saturated carbocycles. The first-order valence-corrected chi connectivity index (χ1v) is 10.5. The number of nitrogens with zero attached hydrogens (tertiary/aromatic N) is 1. The molecule has 20 heavy (non-hydrogen) atoms. The molecule has 0 aliphatic carbocycles. The average Bonchev–Trinajstić information content (AvgIpc) is 2.39. The number of sulfone groups is 1. The zero-order valence-electron chi connectivity index (χ0n) is 11.9. The zero-order chi connectivity index (χ0) is 14.8. The Morgan fingerprint density at radius 1 is 1.10 bits per heavy atom. The Labute approximate surface area is 121 Å². The van der Waals surface area contributed by atoms with Crippen molar-refractivity contribution in [2.45, 2.75) is 30.9 Å². The molecule has 0 bridgehead atoms. The maximum atomic E-state index is 12.5. The Balaban J connectivity index is 1.95. The first-order valence-electron chi connectivity index (χ1n) is 7.17. The molecule has 6 nitrogen and oxygen atoms in total. The molecule has 2 rings (SSSR count). The second-order valence-corrected chi connectivity index (χ2v) is 10.5. The summed E-state index contributed by atoms with van der Waals surface area (Å²) in [6.07, 6.45) is 2.47. The van der Waals surface area contributed by atoms with Gasteiger partial charge >= 0.3 is 0 Å². The van der Waals surface area contributed by atoms with E-state index in [-0.39, 0.29) is 24.3 Å². The van der Waals surface area contributed by atoms with Gasteiger partial charge in [-0.3, -0.25) is 0 Å². The van der Waals surface area contributed by atoms with Gasteiger partial charge in [0.15, 0.2) is 0 Å². The van der Waals surface area contributed by atoms with Gasteiger partial charge in [-0.2, -0.15) is 0 Å². The highest BCUT2D eigenvalue weighted by molar-refractivity contribution is 7.92. The summed E-state index contributed by atoms with van der Waals surface area (Å²) in [7, 11) is -4.76. The van der Waals surface area contributed by atoms with Crippen molar-refractivity contribution in [1.29, 1.82) is 0 Å². The third-order valence-corrected chi connectivity index (χ3v) is 8.38. The fraction of sp³-hybridized carbons (Fsp3) is 1.00. The largest absolute Gasteiger partial charge is 0.317 e. The van der Waals surface area contributed by atoms with Crippen LogP contribution in [0.5, 0.6) is 0 Å². The molecule has 0 aromatic rings. The lowest BCUT2D eigenvalue weighted by Gasteiger charge is -2.31. The number of rotatable bonds is 4. The highest BCUT2D eigenvalue weighted by Gasteiger charge is 2.35. The molecule has 2 saturated heterocycles. The maximum Gasteiger partial charge on any atom is 0.216 e. The lowest BCUT2D eigenvalue weighted by Crippen LogP contribution is -2.43. The average molecular weight is 324 g/mol. The molecule has 8 heteroatoms. The molecule has 0 amide bonds. The van der Waals surface area contributed by atoms with Gasteiger partial charge in [-0.15, -0.1) is 0 Å². The minimum absolute atomic E-state index is 0.00190. The number of piperidine rings is 1. The van der Waals surface area contributed by atoms with E-state index in [9.17, 15) is 16.8 Å². The highest BCUT2D eigenvalue weighted by Crippen LogP contribution is 2.23. The van der Waals surface area contributed by atoms with E-state index in [0.717, 1.165) is 25.9 Å². The molecule has 0 atom stereocenters. The summed E-state index contributed by atoms with van der Waals surface area (Å²) in [6.45, 7) is 2.44. The molecule has 2 fully saturated rings. The quantitative estimate of drug-likeness (QED) is 0.776. The van der Waals surface area contributed by atoms with E-state index in [0.29, 0.717) is 12.5 Å². The summed E-state index contributed by atoms with van der Waals surface area (Å²) < 4.78 is 49.2. The van der Waals surface area contributed by atoms with Crippen LogP contribution in [0.2, 0.25) is 0 Å². The Morgan fingerprint density at radius 2 is 1.65 bits per heavy atom. The number of hydrogen-bond acceptors (Lipinski definition) is 5. The maximum absolute atomic E-state index is 12.5. The van der Waals surface area contributed by atoms with E-state index >= 15 is 0 Å². The topological polar surface area (TPSA) is 83.6 Å². The molecule has 0 aromatic carbocycles. The lowest BCUT2D eigenvalue weighted by molar-refractivity contribution is 0.308. The van der Waals surface area contributed by atoms with Crippen LogP contribution in [0.15, 0.2) is 0 Å². The SMILES string of the molecule is CN(CC1CCNCC1)S(=O)(=O)C1CCS(=O)(=O)CC1. The first kappa shape index (κ1) is 16.2. The minimum atomic E-state index is -3.36. The Hall–Kier alpha value is -0.180. The normalized spacial score (nSPS) is 25.9. The summed E-state index contributed by atoms with van der Waals surface area (Å²) >= 11 is 0. The van der Waals surface area contributed by atoms with Crippen molar-refractivity contribution in [2.75, 3.05) is 38.2 Å². The van der Waals surface area contributed by atoms with Crippen LogP contribution in [-0.2, 0) is 19.9 Å². The van der Waals surface area contributed by atoms with Crippen molar-refractivity contribution in [3.05, 3.63) is 0 Å². The van der Waals surface area contributed by atoms with Crippen molar-refractivity contribution < 1.29 is 16.8 Å². The Kier molecular flexibility index (Phi) is 5.09. The lowest BCUT2D eigenvalue weighted by atomic mass is 9.98. The highest BCUT2D eigenvalue weighted by atomic mass is 32.2. The van der Waals surface area contributed by atoms with Crippen molar-refractivity contribution in [3.63, 3.8) is 0 Å². The summed E-state index contributed by atoms with van der Waals surface area (Å²) in [6, 6.07) is 0. The number of hydrogen-bond donors (Lipinski definition) is 1. The third kappa shape index (κ3) is 3.93. The van der Waals surface area contributed by atoms with Crippen molar-refractivity contribution >= 4 is 19.9 Å².